The molecule has 0 spiro atoms. The second-order valence-electron chi connectivity index (χ2n) is 19.5. The van der Waals surface area contributed by atoms with Gasteiger partial charge < -0.3 is 14.2 Å². The molecule has 0 aliphatic heterocycles. The van der Waals surface area contributed by atoms with Crippen LogP contribution in [0.4, 0.5) is 0 Å². The van der Waals surface area contributed by atoms with Gasteiger partial charge in [0.1, 0.15) is 6.61 Å². The molecule has 0 heterocycles. The number of unbranched alkanes of at least 4 members (excludes halogenated alkanes) is 27. The predicted molar refractivity (Wildman–Crippen MR) is 306 cm³/mol. The Morgan fingerprint density at radius 2 is 0.671 bits per heavy atom. The van der Waals surface area contributed by atoms with Crippen LogP contribution in [0.15, 0.2) is 97.2 Å². The molecular formula is C65H112O5. The van der Waals surface area contributed by atoms with Gasteiger partial charge in [0.25, 0.3) is 0 Å². The van der Waals surface area contributed by atoms with Crippen molar-refractivity contribution in [2.75, 3.05) is 19.8 Å². The zero-order valence-electron chi connectivity index (χ0n) is 46.3. The molecule has 0 amide bonds. The molecule has 1 unspecified atom stereocenters. The summed E-state index contributed by atoms with van der Waals surface area (Å²) in [4.78, 5) is 25.5. The molecule has 70 heavy (non-hydrogen) atoms. The van der Waals surface area contributed by atoms with Gasteiger partial charge in [-0.15, -0.1) is 0 Å². The van der Waals surface area contributed by atoms with E-state index in [0.717, 1.165) is 77.0 Å². The van der Waals surface area contributed by atoms with Crippen molar-refractivity contribution in [3.63, 3.8) is 0 Å². The Hall–Kier alpha value is -3.18. The third-order valence-corrected chi connectivity index (χ3v) is 12.6. The van der Waals surface area contributed by atoms with E-state index in [1.54, 1.807) is 0 Å². The Morgan fingerprint density at radius 3 is 1.11 bits per heavy atom. The van der Waals surface area contributed by atoms with Gasteiger partial charge in [-0.1, -0.05) is 272 Å². The van der Waals surface area contributed by atoms with Crippen LogP contribution in [0.5, 0.6) is 0 Å². The van der Waals surface area contributed by atoms with Gasteiger partial charge in [0, 0.05) is 19.4 Å². The Balaban J connectivity index is 4.39. The molecule has 5 heteroatoms. The molecule has 0 aliphatic carbocycles. The Bertz CT molecular complexity index is 1330. The summed E-state index contributed by atoms with van der Waals surface area (Å²) in [6.07, 6.45) is 81.6. The standard InChI is InChI=1S/C65H112O5/c1-4-7-10-13-16-19-22-25-28-31-33-35-37-40-43-46-49-52-55-58-64(66)69-62-63(61-68-60-57-54-51-48-45-42-39-36-32-29-26-23-20-17-14-11-8-5-2)70-65(67)59-56-53-50-47-44-41-38-34-30-27-24-21-18-15-12-9-6-3/h7,10,16,18-19,21,25,27-28,30,33,35,40,43,49,52,63H,4-6,8-9,11-15,17,20,22-24,26,29,31-32,34,36-39,41-42,44-48,50-51,53-62H2,1-3H3/b10-7-,19-16-,21-18-,28-25-,30-27-,35-33-,43-40-,52-49-. The van der Waals surface area contributed by atoms with Gasteiger partial charge >= 0.3 is 11.9 Å². The fourth-order valence-corrected chi connectivity index (χ4v) is 8.21. The number of esters is 2. The van der Waals surface area contributed by atoms with Gasteiger partial charge in [-0.3, -0.25) is 9.59 Å². The number of carbonyl (C=O) groups excluding carboxylic acids is 2. The van der Waals surface area contributed by atoms with E-state index in [2.05, 4.69) is 112 Å². The highest BCUT2D eigenvalue weighted by Gasteiger charge is 2.17. The predicted octanol–water partition coefficient (Wildman–Crippen LogP) is 20.6. The van der Waals surface area contributed by atoms with E-state index in [0.29, 0.717) is 25.9 Å². The van der Waals surface area contributed by atoms with Crippen molar-refractivity contribution < 1.29 is 23.8 Å². The molecule has 0 saturated heterocycles. The SMILES string of the molecule is CC/C=C\C/C=C\C/C=C\C/C=C\C/C=C\C/C=C\CCC(=O)OCC(COCCCCCCCCCCCCCCCCCCCC)OC(=O)CCCCCCCCC/C=C\C/C=C\CCCCC. The van der Waals surface area contributed by atoms with Crippen LogP contribution in [0, 0.1) is 0 Å². The lowest BCUT2D eigenvalue weighted by molar-refractivity contribution is -0.162. The number of hydrogen-bond donors (Lipinski definition) is 0. The van der Waals surface area contributed by atoms with E-state index >= 15 is 0 Å². The Kier molecular flexibility index (Phi) is 57.4. The molecule has 0 rings (SSSR count). The van der Waals surface area contributed by atoms with Crippen LogP contribution in [0.3, 0.4) is 0 Å². The molecule has 0 aliphatic rings. The van der Waals surface area contributed by atoms with Crippen molar-refractivity contribution in [3.05, 3.63) is 97.2 Å². The first-order valence-electron chi connectivity index (χ1n) is 29.8. The highest BCUT2D eigenvalue weighted by Crippen LogP contribution is 2.16. The van der Waals surface area contributed by atoms with Crippen molar-refractivity contribution in [2.24, 2.45) is 0 Å². The molecule has 0 aromatic rings. The fraction of sp³-hybridized carbons (Fsp3) is 0.723. The Morgan fingerprint density at radius 1 is 0.329 bits per heavy atom. The van der Waals surface area contributed by atoms with E-state index in [9.17, 15) is 9.59 Å². The minimum absolute atomic E-state index is 0.0401. The average Bonchev–Trinajstić information content (AvgIpc) is 3.36. The zero-order valence-corrected chi connectivity index (χ0v) is 46.3. The van der Waals surface area contributed by atoms with E-state index in [1.165, 1.54) is 161 Å². The molecule has 0 bridgehead atoms. The fourth-order valence-electron chi connectivity index (χ4n) is 8.21. The maximum atomic E-state index is 12.9. The number of allylic oxidation sites excluding steroid dienone is 16. The van der Waals surface area contributed by atoms with Gasteiger partial charge in [-0.25, -0.2) is 0 Å². The molecule has 0 radical (unpaired) electrons. The van der Waals surface area contributed by atoms with Gasteiger partial charge in [0.15, 0.2) is 6.10 Å². The van der Waals surface area contributed by atoms with Crippen LogP contribution in [-0.4, -0.2) is 37.9 Å². The van der Waals surface area contributed by atoms with E-state index < -0.39 is 6.10 Å². The monoisotopic (exact) mass is 973 g/mol. The Labute approximate surface area is 434 Å². The van der Waals surface area contributed by atoms with Crippen molar-refractivity contribution in [3.8, 4) is 0 Å². The van der Waals surface area contributed by atoms with Crippen LogP contribution in [-0.2, 0) is 23.8 Å². The number of ether oxygens (including phenoxy) is 3. The third-order valence-electron chi connectivity index (χ3n) is 12.6. The first kappa shape index (κ1) is 66.8. The van der Waals surface area contributed by atoms with E-state index in [4.69, 9.17) is 14.2 Å². The molecular weight excluding hydrogens is 861 g/mol. The summed E-state index contributed by atoms with van der Waals surface area (Å²) in [5.74, 6) is -0.496. The van der Waals surface area contributed by atoms with Gasteiger partial charge in [-0.05, 0) is 89.9 Å². The second kappa shape index (κ2) is 60.1. The summed E-state index contributed by atoms with van der Waals surface area (Å²) in [5.41, 5.74) is 0. The zero-order chi connectivity index (χ0) is 50.6. The maximum absolute atomic E-state index is 12.9. The van der Waals surface area contributed by atoms with Crippen molar-refractivity contribution >= 4 is 11.9 Å². The van der Waals surface area contributed by atoms with Crippen LogP contribution in [0.2, 0.25) is 0 Å². The van der Waals surface area contributed by atoms with Gasteiger partial charge in [-0.2, -0.15) is 0 Å². The normalized spacial score (nSPS) is 12.9. The minimum Gasteiger partial charge on any atom is -0.462 e. The second-order valence-corrected chi connectivity index (χ2v) is 19.5. The number of hydrogen-bond acceptors (Lipinski definition) is 5. The van der Waals surface area contributed by atoms with Gasteiger partial charge in [0.2, 0.25) is 0 Å². The highest BCUT2D eigenvalue weighted by molar-refractivity contribution is 5.70. The number of carbonyl (C=O) groups is 2. The summed E-state index contributed by atoms with van der Waals surface area (Å²) < 4.78 is 17.4. The molecule has 0 aromatic carbocycles. The molecule has 0 fully saturated rings. The first-order chi connectivity index (χ1) is 34.6. The largest absolute Gasteiger partial charge is 0.462 e. The van der Waals surface area contributed by atoms with E-state index in [1.807, 2.05) is 6.08 Å². The molecule has 0 saturated carbocycles. The van der Waals surface area contributed by atoms with Crippen LogP contribution in [0.25, 0.3) is 0 Å². The number of rotatable bonds is 54. The summed E-state index contributed by atoms with van der Waals surface area (Å²) in [6, 6.07) is 0. The minimum atomic E-state index is -0.575. The smallest absolute Gasteiger partial charge is 0.306 e. The average molecular weight is 974 g/mol. The summed E-state index contributed by atoms with van der Waals surface area (Å²) in [6.45, 7) is 7.63. The maximum Gasteiger partial charge on any atom is 0.306 e. The first-order valence-corrected chi connectivity index (χ1v) is 29.8. The topological polar surface area (TPSA) is 61.8 Å². The van der Waals surface area contributed by atoms with Crippen molar-refractivity contribution in [2.45, 2.75) is 284 Å². The lowest BCUT2D eigenvalue weighted by Crippen LogP contribution is -2.30. The van der Waals surface area contributed by atoms with Crippen LogP contribution >= 0.6 is 0 Å². The highest BCUT2D eigenvalue weighted by atomic mass is 16.6. The van der Waals surface area contributed by atoms with Crippen LogP contribution in [0.1, 0.15) is 278 Å². The molecule has 0 N–H and O–H groups in total. The third kappa shape index (κ3) is 57.4. The van der Waals surface area contributed by atoms with Crippen molar-refractivity contribution in [1.29, 1.82) is 0 Å². The molecule has 5 nitrogen and oxygen atoms in total. The molecule has 0 aromatic heterocycles. The quantitative estimate of drug-likeness (QED) is 0.0345. The van der Waals surface area contributed by atoms with Crippen LogP contribution < -0.4 is 0 Å². The molecule has 402 valence electrons. The summed E-state index contributed by atoms with van der Waals surface area (Å²) in [5, 5.41) is 0. The summed E-state index contributed by atoms with van der Waals surface area (Å²) >= 11 is 0. The summed E-state index contributed by atoms with van der Waals surface area (Å²) in [7, 11) is 0. The molecule has 1 atom stereocenters. The van der Waals surface area contributed by atoms with E-state index in [-0.39, 0.29) is 25.2 Å². The van der Waals surface area contributed by atoms with Gasteiger partial charge in [0.05, 0.1) is 6.61 Å². The lowest BCUT2D eigenvalue weighted by atomic mass is 10.0. The lowest BCUT2D eigenvalue weighted by Gasteiger charge is -2.18. The van der Waals surface area contributed by atoms with Crippen molar-refractivity contribution in [1.82, 2.24) is 0 Å².